The lowest BCUT2D eigenvalue weighted by atomic mass is 9.98. The molecule has 0 bridgehead atoms. The van der Waals surface area contributed by atoms with Gasteiger partial charge in [0.2, 0.25) is 0 Å². The molecule has 0 fully saturated rings. The molecule has 0 aliphatic rings. The second kappa shape index (κ2) is 8.71. The maximum atomic E-state index is 3.52. The van der Waals surface area contributed by atoms with Crippen LogP contribution in [0.5, 0.6) is 0 Å². The Morgan fingerprint density at radius 1 is 1.06 bits per heavy atom. The summed E-state index contributed by atoms with van der Waals surface area (Å²) >= 11 is 3.47. The van der Waals surface area contributed by atoms with E-state index in [2.05, 4.69) is 66.3 Å². The molecule has 0 saturated heterocycles. The molecule has 0 aromatic heterocycles. The molecule has 0 spiro atoms. The van der Waals surface area contributed by atoms with E-state index in [0.717, 1.165) is 29.4 Å². The Balaban J connectivity index is 2.13. The van der Waals surface area contributed by atoms with E-state index in [1.54, 1.807) is 0 Å². The first-order chi connectivity index (χ1) is 8.58. The van der Waals surface area contributed by atoms with Crippen LogP contribution in [0.1, 0.15) is 39.2 Å². The summed E-state index contributed by atoms with van der Waals surface area (Å²) in [6.45, 7) is 9.16. The maximum absolute atomic E-state index is 3.52. The first-order valence-electron chi connectivity index (χ1n) is 7.03. The van der Waals surface area contributed by atoms with Crippen molar-refractivity contribution in [2.45, 2.75) is 40.0 Å². The summed E-state index contributed by atoms with van der Waals surface area (Å²) in [5.41, 5.74) is 1.44. The standard InChI is InChI=1S/C16H26BrN/c1-13(2)12-18-11-10-14(3)4-5-15-6-8-16(17)9-7-15/h6-9,13-14,18H,4-5,10-12H2,1-3H3. The minimum absolute atomic E-state index is 0.753. The van der Waals surface area contributed by atoms with Gasteiger partial charge in [-0.3, -0.25) is 0 Å². The quantitative estimate of drug-likeness (QED) is 0.689. The van der Waals surface area contributed by atoms with E-state index in [4.69, 9.17) is 0 Å². The van der Waals surface area contributed by atoms with Gasteiger partial charge in [-0.1, -0.05) is 48.8 Å². The molecule has 2 heteroatoms. The van der Waals surface area contributed by atoms with Crippen molar-refractivity contribution in [2.24, 2.45) is 11.8 Å². The summed E-state index contributed by atoms with van der Waals surface area (Å²) in [5, 5.41) is 3.52. The molecule has 1 aromatic rings. The van der Waals surface area contributed by atoms with Gasteiger partial charge in [0, 0.05) is 4.47 Å². The molecule has 102 valence electrons. The van der Waals surface area contributed by atoms with Gasteiger partial charge in [-0.25, -0.2) is 0 Å². The van der Waals surface area contributed by atoms with Gasteiger partial charge in [0.25, 0.3) is 0 Å². The Labute approximate surface area is 120 Å². The average Bonchev–Trinajstić information content (AvgIpc) is 2.34. The van der Waals surface area contributed by atoms with Crippen molar-refractivity contribution in [1.82, 2.24) is 5.32 Å². The van der Waals surface area contributed by atoms with E-state index >= 15 is 0 Å². The van der Waals surface area contributed by atoms with Gasteiger partial charge in [0.05, 0.1) is 0 Å². The summed E-state index contributed by atoms with van der Waals surface area (Å²) in [6.07, 6.45) is 3.76. The van der Waals surface area contributed by atoms with Crippen LogP contribution in [-0.4, -0.2) is 13.1 Å². The van der Waals surface area contributed by atoms with Crippen molar-refractivity contribution in [3.8, 4) is 0 Å². The van der Waals surface area contributed by atoms with Gasteiger partial charge < -0.3 is 5.32 Å². The predicted molar refractivity (Wildman–Crippen MR) is 84.0 cm³/mol. The van der Waals surface area contributed by atoms with Gasteiger partial charge in [-0.2, -0.15) is 0 Å². The van der Waals surface area contributed by atoms with E-state index < -0.39 is 0 Å². The Kier molecular flexibility index (Phi) is 7.60. The summed E-state index contributed by atoms with van der Waals surface area (Å²) in [4.78, 5) is 0. The van der Waals surface area contributed by atoms with Crippen molar-refractivity contribution in [2.75, 3.05) is 13.1 Å². The molecule has 1 rings (SSSR count). The van der Waals surface area contributed by atoms with Crippen LogP contribution < -0.4 is 5.32 Å². The highest BCUT2D eigenvalue weighted by Crippen LogP contribution is 2.15. The smallest absolute Gasteiger partial charge is 0.0175 e. The van der Waals surface area contributed by atoms with Crippen LogP contribution in [0.3, 0.4) is 0 Å². The lowest BCUT2D eigenvalue weighted by Gasteiger charge is -2.13. The number of nitrogens with one attached hydrogen (secondary N) is 1. The van der Waals surface area contributed by atoms with Crippen LogP contribution in [0.25, 0.3) is 0 Å². The first kappa shape index (κ1) is 15.7. The second-order valence-electron chi connectivity index (χ2n) is 5.66. The zero-order valence-corrected chi connectivity index (χ0v) is 13.5. The monoisotopic (exact) mass is 311 g/mol. The molecule has 18 heavy (non-hydrogen) atoms. The zero-order chi connectivity index (χ0) is 13.4. The Hall–Kier alpha value is -0.340. The Bertz CT molecular complexity index is 318. The Morgan fingerprint density at radius 2 is 1.72 bits per heavy atom. The molecule has 0 radical (unpaired) electrons. The van der Waals surface area contributed by atoms with Gasteiger partial charge in [0.15, 0.2) is 0 Å². The van der Waals surface area contributed by atoms with E-state index in [9.17, 15) is 0 Å². The summed E-state index contributed by atoms with van der Waals surface area (Å²) in [6, 6.07) is 8.69. The second-order valence-corrected chi connectivity index (χ2v) is 6.57. The van der Waals surface area contributed by atoms with Crippen LogP contribution in [0, 0.1) is 11.8 Å². The lowest BCUT2D eigenvalue weighted by Crippen LogP contribution is -2.22. The fraction of sp³-hybridized carbons (Fsp3) is 0.625. The number of aryl methyl sites for hydroxylation is 1. The maximum Gasteiger partial charge on any atom is 0.0175 e. The van der Waals surface area contributed by atoms with E-state index in [0.29, 0.717) is 0 Å². The molecule has 0 heterocycles. The van der Waals surface area contributed by atoms with Gasteiger partial charge in [0.1, 0.15) is 0 Å². The topological polar surface area (TPSA) is 12.0 Å². The number of rotatable bonds is 8. The fourth-order valence-corrected chi connectivity index (χ4v) is 2.21. The molecular weight excluding hydrogens is 286 g/mol. The van der Waals surface area contributed by atoms with Crippen molar-refractivity contribution >= 4 is 15.9 Å². The molecule has 0 aliphatic heterocycles. The summed E-state index contributed by atoms with van der Waals surface area (Å²) < 4.78 is 1.16. The molecule has 0 aliphatic carbocycles. The van der Waals surface area contributed by atoms with E-state index in [-0.39, 0.29) is 0 Å². The predicted octanol–water partition coefficient (Wildman–Crippen LogP) is 4.65. The van der Waals surface area contributed by atoms with Gasteiger partial charge in [-0.15, -0.1) is 0 Å². The third kappa shape index (κ3) is 7.17. The van der Waals surface area contributed by atoms with Crippen molar-refractivity contribution in [3.63, 3.8) is 0 Å². The number of halogens is 1. The molecule has 1 aromatic carbocycles. The summed E-state index contributed by atoms with van der Waals surface area (Å²) in [5.74, 6) is 1.55. The van der Waals surface area contributed by atoms with Crippen LogP contribution in [0.15, 0.2) is 28.7 Å². The minimum atomic E-state index is 0.753. The van der Waals surface area contributed by atoms with Crippen LogP contribution in [0.4, 0.5) is 0 Å². The highest BCUT2D eigenvalue weighted by Gasteiger charge is 2.03. The van der Waals surface area contributed by atoms with Gasteiger partial charge >= 0.3 is 0 Å². The molecule has 0 saturated carbocycles. The lowest BCUT2D eigenvalue weighted by molar-refractivity contribution is 0.454. The van der Waals surface area contributed by atoms with E-state index in [1.807, 2.05) is 0 Å². The largest absolute Gasteiger partial charge is 0.316 e. The number of benzene rings is 1. The van der Waals surface area contributed by atoms with Crippen molar-refractivity contribution in [1.29, 1.82) is 0 Å². The average molecular weight is 312 g/mol. The van der Waals surface area contributed by atoms with Crippen LogP contribution >= 0.6 is 15.9 Å². The fourth-order valence-electron chi connectivity index (χ4n) is 1.95. The number of hydrogen-bond acceptors (Lipinski definition) is 1. The van der Waals surface area contributed by atoms with Crippen molar-refractivity contribution < 1.29 is 0 Å². The van der Waals surface area contributed by atoms with Crippen molar-refractivity contribution in [3.05, 3.63) is 34.3 Å². The molecule has 1 nitrogen and oxygen atoms in total. The minimum Gasteiger partial charge on any atom is -0.316 e. The van der Waals surface area contributed by atoms with Crippen LogP contribution in [-0.2, 0) is 6.42 Å². The van der Waals surface area contributed by atoms with E-state index in [1.165, 1.54) is 24.8 Å². The molecule has 0 amide bonds. The first-order valence-corrected chi connectivity index (χ1v) is 7.82. The van der Waals surface area contributed by atoms with Crippen LogP contribution in [0.2, 0.25) is 0 Å². The third-order valence-electron chi connectivity index (χ3n) is 3.21. The zero-order valence-electron chi connectivity index (χ0n) is 11.9. The third-order valence-corrected chi connectivity index (χ3v) is 3.73. The molecule has 1 N–H and O–H groups in total. The highest BCUT2D eigenvalue weighted by molar-refractivity contribution is 9.10. The Morgan fingerprint density at radius 3 is 2.33 bits per heavy atom. The van der Waals surface area contributed by atoms with Gasteiger partial charge in [-0.05, 0) is 61.9 Å². The SMILES string of the molecule is CC(C)CNCCC(C)CCc1ccc(Br)cc1. The molecule has 1 unspecified atom stereocenters. The number of hydrogen-bond donors (Lipinski definition) is 1. The summed E-state index contributed by atoms with van der Waals surface area (Å²) in [7, 11) is 0. The normalized spacial score (nSPS) is 12.9. The highest BCUT2D eigenvalue weighted by atomic mass is 79.9. The molecule has 1 atom stereocenters. The molecular formula is C16H26BrN.